The van der Waals surface area contributed by atoms with E-state index < -0.39 is 0 Å². The molecule has 0 spiro atoms. The summed E-state index contributed by atoms with van der Waals surface area (Å²) in [5, 5.41) is 2.85. The molecule has 3 aromatic rings. The average molecular weight is 296 g/mol. The lowest BCUT2D eigenvalue weighted by atomic mass is 10.2. The van der Waals surface area contributed by atoms with Crippen LogP contribution in [0.4, 0.5) is 0 Å². The van der Waals surface area contributed by atoms with Gasteiger partial charge in [0.2, 0.25) is 5.88 Å². The Hall–Kier alpha value is -2.89. The number of carbonyl (C=O) groups excluding carboxylic acids is 1. The number of fused-ring (bicyclic) bond motifs is 1. The number of ether oxygens (including phenoxy) is 1. The highest BCUT2D eigenvalue weighted by Gasteiger charge is 2.07. The van der Waals surface area contributed by atoms with E-state index in [1.54, 1.807) is 12.1 Å². The largest absolute Gasteiger partial charge is 0.481 e. The number of nitrogens with one attached hydrogen (secondary N) is 2. The molecule has 0 unspecified atom stereocenters. The molecule has 1 amide bonds. The van der Waals surface area contributed by atoms with Crippen LogP contribution in [0, 0.1) is 0 Å². The first-order chi connectivity index (χ1) is 10.8. The van der Waals surface area contributed by atoms with Crippen molar-refractivity contribution in [3.8, 4) is 5.88 Å². The van der Waals surface area contributed by atoms with E-state index >= 15 is 0 Å². The number of imidazole rings is 1. The number of amides is 1. The first kappa shape index (κ1) is 14.1. The Labute approximate surface area is 127 Å². The molecule has 2 heterocycles. The van der Waals surface area contributed by atoms with Crippen molar-refractivity contribution in [3.05, 3.63) is 54.0 Å². The molecule has 1 aromatic carbocycles. The lowest BCUT2D eigenvalue weighted by Crippen LogP contribution is -2.26. The predicted molar refractivity (Wildman–Crippen MR) is 82.9 cm³/mol. The summed E-state index contributed by atoms with van der Waals surface area (Å²) in [5.41, 5.74) is 2.44. The molecule has 112 valence electrons. The molecule has 22 heavy (non-hydrogen) atoms. The highest BCUT2D eigenvalue weighted by Crippen LogP contribution is 2.10. The second kappa shape index (κ2) is 6.26. The predicted octanol–water partition coefficient (Wildman–Crippen LogP) is 1.94. The van der Waals surface area contributed by atoms with Crippen LogP contribution in [0.3, 0.4) is 0 Å². The van der Waals surface area contributed by atoms with E-state index in [2.05, 4.69) is 20.3 Å². The molecule has 0 radical (unpaired) electrons. The van der Waals surface area contributed by atoms with E-state index in [0.29, 0.717) is 24.4 Å². The Kier molecular flexibility index (Phi) is 4.00. The Balaban J connectivity index is 1.56. The fourth-order valence-electron chi connectivity index (χ4n) is 2.16. The molecule has 0 fully saturated rings. The number of methoxy groups -OCH3 is 1. The van der Waals surface area contributed by atoms with Crippen LogP contribution in [0.25, 0.3) is 11.0 Å². The molecule has 0 aliphatic rings. The molecule has 0 saturated heterocycles. The lowest BCUT2D eigenvalue weighted by molar-refractivity contribution is 0.0953. The first-order valence-electron chi connectivity index (χ1n) is 6.98. The van der Waals surface area contributed by atoms with Crippen LogP contribution in [-0.4, -0.2) is 34.5 Å². The standard InChI is InChI=1S/C16H16N4O2/c1-22-15-7-6-11(10-18-15)16(21)17-9-8-14-19-12-4-2-3-5-13(12)20-14/h2-7,10H,8-9H2,1H3,(H,17,21)(H,19,20). The molecule has 3 rings (SSSR count). The van der Waals surface area contributed by atoms with Crippen molar-refractivity contribution in [3.63, 3.8) is 0 Å². The Morgan fingerprint density at radius 3 is 2.86 bits per heavy atom. The highest BCUT2D eigenvalue weighted by atomic mass is 16.5. The van der Waals surface area contributed by atoms with E-state index in [1.165, 1.54) is 13.3 Å². The number of benzene rings is 1. The smallest absolute Gasteiger partial charge is 0.252 e. The summed E-state index contributed by atoms with van der Waals surface area (Å²) < 4.78 is 4.96. The van der Waals surface area contributed by atoms with Crippen LogP contribution in [0.2, 0.25) is 0 Å². The van der Waals surface area contributed by atoms with Gasteiger partial charge in [0.25, 0.3) is 5.91 Å². The number of nitrogens with zero attached hydrogens (tertiary/aromatic N) is 2. The van der Waals surface area contributed by atoms with Crippen molar-refractivity contribution < 1.29 is 9.53 Å². The zero-order valence-electron chi connectivity index (χ0n) is 12.2. The maximum absolute atomic E-state index is 12.0. The number of hydrogen-bond acceptors (Lipinski definition) is 4. The Morgan fingerprint density at radius 2 is 2.14 bits per heavy atom. The third-order valence-electron chi connectivity index (χ3n) is 3.29. The first-order valence-corrected chi connectivity index (χ1v) is 6.98. The van der Waals surface area contributed by atoms with Gasteiger partial charge in [0.05, 0.1) is 23.7 Å². The van der Waals surface area contributed by atoms with Crippen molar-refractivity contribution in [1.82, 2.24) is 20.3 Å². The molecule has 2 N–H and O–H groups in total. The van der Waals surface area contributed by atoms with Gasteiger partial charge < -0.3 is 15.0 Å². The van der Waals surface area contributed by atoms with Crippen LogP contribution >= 0.6 is 0 Å². The zero-order valence-corrected chi connectivity index (χ0v) is 12.2. The maximum Gasteiger partial charge on any atom is 0.252 e. The number of pyridine rings is 1. The number of aromatic amines is 1. The third-order valence-corrected chi connectivity index (χ3v) is 3.29. The Bertz CT molecular complexity index is 747. The maximum atomic E-state index is 12.0. The van der Waals surface area contributed by atoms with Gasteiger partial charge in [-0.2, -0.15) is 0 Å². The van der Waals surface area contributed by atoms with Gasteiger partial charge in [-0.1, -0.05) is 12.1 Å². The van der Waals surface area contributed by atoms with Gasteiger partial charge in [-0.05, 0) is 18.2 Å². The Morgan fingerprint density at radius 1 is 1.27 bits per heavy atom. The second-order valence-corrected chi connectivity index (χ2v) is 4.80. The molecule has 0 aliphatic heterocycles. The average Bonchev–Trinajstić information content (AvgIpc) is 2.97. The minimum absolute atomic E-state index is 0.161. The number of para-hydroxylation sites is 2. The summed E-state index contributed by atoms with van der Waals surface area (Å²) in [5.74, 6) is 1.18. The second-order valence-electron chi connectivity index (χ2n) is 4.80. The van der Waals surface area contributed by atoms with Crippen LogP contribution in [-0.2, 0) is 6.42 Å². The summed E-state index contributed by atoms with van der Waals surface area (Å²) in [6.45, 7) is 0.505. The third kappa shape index (κ3) is 3.06. The van der Waals surface area contributed by atoms with Crippen molar-refractivity contribution in [2.75, 3.05) is 13.7 Å². The monoisotopic (exact) mass is 296 g/mol. The van der Waals surface area contributed by atoms with Gasteiger partial charge >= 0.3 is 0 Å². The molecule has 0 bridgehead atoms. The molecule has 6 heteroatoms. The summed E-state index contributed by atoms with van der Waals surface area (Å²) in [7, 11) is 1.54. The molecular weight excluding hydrogens is 280 g/mol. The van der Waals surface area contributed by atoms with Gasteiger partial charge in [0.15, 0.2) is 0 Å². The van der Waals surface area contributed by atoms with E-state index in [0.717, 1.165) is 16.9 Å². The van der Waals surface area contributed by atoms with Gasteiger partial charge in [-0.25, -0.2) is 9.97 Å². The molecule has 0 aliphatic carbocycles. The highest BCUT2D eigenvalue weighted by molar-refractivity contribution is 5.93. The van der Waals surface area contributed by atoms with Crippen LogP contribution in [0.15, 0.2) is 42.6 Å². The molecule has 0 saturated carbocycles. The zero-order chi connectivity index (χ0) is 15.4. The van der Waals surface area contributed by atoms with Gasteiger partial charge in [0, 0.05) is 25.2 Å². The normalized spacial score (nSPS) is 10.6. The van der Waals surface area contributed by atoms with E-state index in [4.69, 9.17) is 4.74 Å². The molecular formula is C16H16N4O2. The molecule has 0 atom stereocenters. The van der Waals surface area contributed by atoms with Crippen LogP contribution in [0.5, 0.6) is 5.88 Å². The van der Waals surface area contributed by atoms with Crippen molar-refractivity contribution >= 4 is 16.9 Å². The summed E-state index contributed by atoms with van der Waals surface area (Å²) in [6.07, 6.45) is 2.14. The summed E-state index contributed by atoms with van der Waals surface area (Å²) in [6, 6.07) is 11.2. The number of aromatic nitrogens is 3. The minimum atomic E-state index is -0.161. The lowest BCUT2D eigenvalue weighted by Gasteiger charge is -2.04. The molecule has 6 nitrogen and oxygen atoms in total. The van der Waals surface area contributed by atoms with Crippen molar-refractivity contribution in [2.24, 2.45) is 0 Å². The number of rotatable bonds is 5. The fraction of sp³-hybridized carbons (Fsp3) is 0.188. The van der Waals surface area contributed by atoms with Gasteiger partial charge in [0.1, 0.15) is 5.82 Å². The number of H-pyrrole nitrogens is 1. The van der Waals surface area contributed by atoms with Gasteiger partial charge in [-0.3, -0.25) is 4.79 Å². The van der Waals surface area contributed by atoms with Crippen molar-refractivity contribution in [2.45, 2.75) is 6.42 Å². The quantitative estimate of drug-likeness (QED) is 0.754. The van der Waals surface area contributed by atoms with Crippen LogP contribution < -0.4 is 10.1 Å². The van der Waals surface area contributed by atoms with Crippen molar-refractivity contribution in [1.29, 1.82) is 0 Å². The van der Waals surface area contributed by atoms with Crippen LogP contribution in [0.1, 0.15) is 16.2 Å². The SMILES string of the molecule is COc1ccc(C(=O)NCCc2nc3ccccc3[nH]2)cn1. The summed E-state index contributed by atoms with van der Waals surface area (Å²) >= 11 is 0. The van der Waals surface area contributed by atoms with Gasteiger partial charge in [-0.15, -0.1) is 0 Å². The summed E-state index contributed by atoms with van der Waals surface area (Å²) in [4.78, 5) is 23.7. The molecule has 2 aromatic heterocycles. The van der Waals surface area contributed by atoms with E-state index in [-0.39, 0.29) is 5.91 Å². The minimum Gasteiger partial charge on any atom is -0.481 e. The van der Waals surface area contributed by atoms with E-state index in [1.807, 2.05) is 24.3 Å². The number of hydrogen-bond donors (Lipinski definition) is 2. The fourth-order valence-corrected chi connectivity index (χ4v) is 2.16. The number of carbonyl (C=O) groups is 1. The topological polar surface area (TPSA) is 79.9 Å². The van der Waals surface area contributed by atoms with E-state index in [9.17, 15) is 4.79 Å².